The Morgan fingerprint density at radius 2 is 2.20 bits per heavy atom. The van der Waals surface area contributed by atoms with Gasteiger partial charge in [-0.05, 0) is 42.3 Å². The molecule has 0 fully saturated rings. The minimum atomic E-state index is -0.289. The first-order valence-corrected chi connectivity index (χ1v) is 8.94. The van der Waals surface area contributed by atoms with Crippen LogP contribution in [0.3, 0.4) is 0 Å². The van der Waals surface area contributed by atoms with Crippen molar-refractivity contribution in [2.45, 2.75) is 17.4 Å². The van der Waals surface area contributed by atoms with E-state index in [1.807, 2.05) is 24.3 Å². The lowest BCUT2D eigenvalue weighted by molar-refractivity contribution is -0.117. The van der Waals surface area contributed by atoms with E-state index >= 15 is 0 Å². The number of oxazole rings is 1. The van der Waals surface area contributed by atoms with E-state index in [2.05, 4.69) is 10.3 Å². The maximum Gasteiger partial charge on any atom is 0.244 e. The SMILES string of the molecule is O=C(/C=C/c1nc2ccccc2o1)NC1CCSc2ccc(F)cc21. The highest BCUT2D eigenvalue weighted by atomic mass is 32.2. The van der Waals surface area contributed by atoms with Crippen LogP contribution < -0.4 is 5.32 Å². The number of benzene rings is 2. The standard InChI is InChI=1S/C19H15FN2O2S/c20-12-5-6-17-13(11-12)14(9-10-25-17)21-18(23)7-8-19-22-15-3-1-2-4-16(15)24-19/h1-8,11,14H,9-10H2,(H,21,23)/b8-7+. The smallest absolute Gasteiger partial charge is 0.244 e. The summed E-state index contributed by atoms with van der Waals surface area (Å²) in [6, 6.07) is 11.9. The summed E-state index contributed by atoms with van der Waals surface area (Å²) in [6.45, 7) is 0. The molecule has 25 heavy (non-hydrogen) atoms. The van der Waals surface area contributed by atoms with Crippen molar-refractivity contribution < 1.29 is 13.6 Å². The Hall–Kier alpha value is -2.60. The molecule has 126 valence electrons. The van der Waals surface area contributed by atoms with Crippen LogP contribution in [0.15, 0.2) is 57.9 Å². The average molecular weight is 354 g/mol. The Morgan fingerprint density at radius 3 is 3.08 bits per heavy atom. The highest BCUT2D eigenvalue weighted by Gasteiger charge is 2.22. The zero-order valence-corrected chi connectivity index (χ0v) is 14.1. The number of amides is 1. The van der Waals surface area contributed by atoms with Crippen LogP contribution in [0.5, 0.6) is 0 Å². The second-order valence-electron chi connectivity index (χ2n) is 5.73. The lowest BCUT2D eigenvalue weighted by Crippen LogP contribution is -2.29. The van der Waals surface area contributed by atoms with Crippen molar-refractivity contribution in [1.29, 1.82) is 0 Å². The summed E-state index contributed by atoms with van der Waals surface area (Å²) in [7, 11) is 0. The molecular formula is C19H15FN2O2S. The number of nitrogens with zero attached hydrogens (tertiary/aromatic N) is 1. The molecule has 1 aliphatic heterocycles. The Labute approximate surface area is 148 Å². The van der Waals surface area contributed by atoms with Crippen LogP contribution in [0.25, 0.3) is 17.2 Å². The molecule has 1 atom stereocenters. The van der Waals surface area contributed by atoms with Gasteiger partial charge in [-0.15, -0.1) is 11.8 Å². The molecule has 1 aromatic heterocycles. The lowest BCUT2D eigenvalue weighted by Gasteiger charge is -2.25. The first kappa shape index (κ1) is 15.9. The fourth-order valence-corrected chi connectivity index (χ4v) is 3.95. The van der Waals surface area contributed by atoms with E-state index in [0.29, 0.717) is 11.5 Å². The number of para-hydroxylation sites is 2. The van der Waals surface area contributed by atoms with E-state index in [0.717, 1.165) is 28.1 Å². The van der Waals surface area contributed by atoms with Crippen LogP contribution in [0, 0.1) is 5.82 Å². The number of aromatic nitrogens is 1. The molecule has 1 amide bonds. The number of thioether (sulfide) groups is 1. The van der Waals surface area contributed by atoms with Crippen LogP contribution in [0.1, 0.15) is 23.9 Å². The molecular weight excluding hydrogens is 339 g/mol. The van der Waals surface area contributed by atoms with Gasteiger partial charge in [-0.2, -0.15) is 0 Å². The molecule has 1 unspecified atom stereocenters. The lowest BCUT2D eigenvalue weighted by atomic mass is 10.0. The van der Waals surface area contributed by atoms with E-state index in [1.54, 1.807) is 23.9 Å². The minimum absolute atomic E-state index is 0.187. The third-order valence-electron chi connectivity index (χ3n) is 4.02. The molecule has 0 radical (unpaired) electrons. The normalized spacial score (nSPS) is 16.9. The van der Waals surface area contributed by atoms with Gasteiger partial charge in [0.25, 0.3) is 0 Å². The van der Waals surface area contributed by atoms with Gasteiger partial charge in [0.05, 0.1) is 6.04 Å². The van der Waals surface area contributed by atoms with Gasteiger partial charge in [0.2, 0.25) is 11.8 Å². The van der Waals surface area contributed by atoms with Crippen molar-refractivity contribution in [3.63, 3.8) is 0 Å². The maximum absolute atomic E-state index is 13.5. The van der Waals surface area contributed by atoms with Gasteiger partial charge in [-0.3, -0.25) is 4.79 Å². The number of rotatable bonds is 3. The number of carbonyl (C=O) groups is 1. The van der Waals surface area contributed by atoms with Gasteiger partial charge in [-0.1, -0.05) is 12.1 Å². The minimum Gasteiger partial charge on any atom is -0.437 e. The van der Waals surface area contributed by atoms with Crippen LogP contribution in [0.4, 0.5) is 4.39 Å². The second-order valence-corrected chi connectivity index (χ2v) is 6.87. The number of carbonyl (C=O) groups excluding carboxylic acids is 1. The summed E-state index contributed by atoms with van der Waals surface area (Å²) in [6.07, 6.45) is 3.70. The van der Waals surface area contributed by atoms with Crippen LogP contribution in [-0.2, 0) is 4.79 Å². The fourth-order valence-electron chi connectivity index (χ4n) is 2.84. The molecule has 0 spiro atoms. The van der Waals surface area contributed by atoms with Crippen molar-refractivity contribution >= 4 is 34.8 Å². The quantitative estimate of drug-likeness (QED) is 0.711. The molecule has 6 heteroatoms. The summed E-state index contributed by atoms with van der Waals surface area (Å²) in [5.74, 6) is 0.720. The van der Waals surface area contributed by atoms with Gasteiger partial charge >= 0.3 is 0 Å². The molecule has 0 bridgehead atoms. The summed E-state index contributed by atoms with van der Waals surface area (Å²) in [4.78, 5) is 17.5. The molecule has 2 aromatic carbocycles. The molecule has 1 N–H and O–H groups in total. The molecule has 0 aliphatic carbocycles. The maximum atomic E-state index is 13.5. The predicted molar refractivity (Wildman–Crippen MR) is 95.7 cm³/mol. The summed E-state index contributed by atoms with van der Waals surface area (Å²) < 4.78 is 19.1. The molecule has 2 heterocycles. The molecule has 0 saturated heterocycles. The zero-order chi connectivity index (χ0) is 17.2. The fraction of sp³-hybridized carbons (Fsp3) is 0.158. The Morgan fingerprint density at radius 1 is 1.32 bits per heavy atom. The number of fused-ring (bicyclic) bond motifs is 2. The van der Waals surface area contributed by atoms with Crippen LogP contribution >= 0.6 is 11.8 Å². The predicted octanol–water partition coefficient (Wildman–Crippen LogP) is 4.33. The zero-order valence-electron chi connectivity index (χ0n) is 13.2. The highest BCUT2D eigenvalue weighted by molar-refractivity contribution is 7.99. The third kappa shape index (κ3) is 3.44. The number of halogens is 1. The molecule has 0 saturated carbocycles. The molecule has 3 aromatic rings. The van der Waals surface area contributed by atoms with E-state index < -0.39 is 0 Å². The van der Waals surface area contributed by atoms with E-state index in [9.17, 15) is 9.18 Å². The van der Waals surface area contributed by atoms with Crippen LogP contribution in [0.2, 0.25) is 0 Å². The second kappa shape index (κ2) is 6.72. The van der Waals surface area contributed by atoms with Crippen molar-refractivity contribution in [2.75, 3.05) is 5.75 Å². The molecule has 4 rings (SSSR count). The Kier molecular flexibility index (Phi) is 4.28. The van der Waals surface area contributed by atoms with Gasteiger partial charge in [-0.25, -0.2) is 9.37 Å². The first-order chi connectivity index (χ1) is 12.2. The highest BCUT2D eigenvalue weighted by Crippen LogP contribution is 2.36. The monoisotopic (exact) mass is 354 g/mol. The summed E-state index contributed by atoms with van der Waals surface area (Å²) in [5, 5.41) is 2.93. The van der Waals surface area contributed by atoms with E-state index in [4.69, 9.17) is 4.42 Å². The van der Waals surface area contributed by atoms with Gasteiger partial charge in [0.15, 0.2) is 5.58 Å². The van der Waals surface area contributed by atoms with E-state index in [-0.39, 0.29) is 17.8 Å². The number of hydrogen-bond donors (Lipinski definition) is 1. The summed E-state index contributed by atoms with van der Waals surface area (Å²) >= 11 is 1.68. The number of hydrogen-bond acceptors (Lipinski definition) is 4. The first-order valence-electron chi connectivity index (χ1n) is 7.95. The average Bonchev–Trinajstić information content (AvgIpc) is 3.03. The largest absolute Gasteiger partial charge is 0.437 e. The Balaban J connectivity index is 1.48. The van der Waals surface area contributed by atoms with Gasteiger partial charge in [0.1, 0.15) is 11.3 Å². The Bertz CT molecular complexity index is 934. The van der Waals surface area contributed by atoms with Gasteiger partial charge in [0, 0.05) is 22.8 Å². The van der Waals surface area contributed by atoms with Gasteiger partial charge < -0.3 is 9.73 Å². The third-order valence-corrected chi connectivity index (χ3v) is 5.14. The van der Waals surface area contributed by atoms with Crippen molar-refractivity contribution in [3.05, 3.63) is 65.8 Å². The van der Waals surface area contributed by atoms with Crippen molar-refractivity contribution in [1.82, 2.24) is 10.3 Å². The van der Waals surface area contributed by atoms with Crippen molar-refractivity contribution in [3.8, 4) is 0 Å². The van der Waals surface area contributed by atoms with Crippen LogP contribution in [-0.4, -0.2) is 16.6 Å². The van der Waals surface area contributed by atoms with Crippen molar-refractivity contribution in [2.24, 2.45) is 0 Å². The molecule has 4 nitrogen and oxygen atoms in total. The number of nitrogens with one attached hydrogen (secondary N) is 1. The molecule has 1 aliphatic rings. The topological polar surface area (TPSA) is 55.1 Å². The van der Waals surface area contributed by atoms with E-state index in [1.165, 1.54) is 18.2 Å². The summed E-state index contributed by atoms with van der Waals surface area (Å²) in [5.41, 5.74) is 2.26.